The molecule has 3 rings (SSSR count). The maximum atomic E-state index is 11.2. The number of aromatic nitrogens is 2. The van der Waals surface area contributed by atoms with E-state index in [1.165, 1.54) is 11.8 Å². The van der Waals surface area contributed by atoms with Gasteiger partial charge in [0, 0.05) is 25.2 Å². The summed E-state index contributed by atoms with van der Waals surface area (Å²) in [5.41, 5.74) is 2.26. The van der Waals surface area contributed by atoms with Gasteiger partial charge >= 0.3 is 5.97 Å². The summed E-state index contributed by atoms with van der Waals surface area (Å²) in [7, 11) is 0. The predicted octanol–water partition coefficient (Wildman–Crippen LogP) is 3.61. The number of ether oxygens (including phenoxy) is 1. The Bertz CT molecular complexity index is 795. The van der Waals surface area contributed by atoms with Crippen LogP contribution in [0.15, 0.2) is 43.2 Å². The molecule has 0 bridgehead atoms. The summed E-state index contributed by atoms with van der Waals surface area (Å²) in [4.78, 5) is 21.8. The Morgan fingerprint density at radius 1 is 1.42 bits per heavy atom. The fraction of sp³-hybridized carbons (Fsp3) is 0.316. The van der Waals surface area contributed by atoms with Gasteiger partial charge in [0.05, 0.1) is 23.1 Å². The number of hydrogen-bond acceptors (Lipinski definition) is 6. The first-order chi connectivity index (χ1) is 12.5. The highest BCUT2D eigenvalue weighted by Gasteiger charge is 2.22. The molecule has 136 valence electrons. The van der Waals surface area contributed by atoms with E-state index < -0.39 is 5.97 Å². The van der Waals surface area contributed by atoms with Crippen molar-refractivity contribution in [3.63, 3.8) is 0 Å². The van der Waals surface area contributed by atoms with Crippen LogP contribution in [-0.4, -0.2) is 35.1 Å². The quantitative estimate of drug-likeness (QED) is 0.638. The van der Waals surface area contributed by atoms with Crippen molar-refractivity contribution < 1.29 is 9.53 Å². The topological polar surface area (TPSA) is 67.3 Å². The first-order valence-corrected chi connectivity index (χ1v) is 8.87. The van der Waals surface area contributed by atoms with E-state index in [1.54, 1.807) is 6.20 Å². The lowest BCUT2D eigenvalue weighted by Crippen LogP contribution is -2.42. The summed E-state index contributed by atoms with van der Waals surface area (Å²) in [5.74, 6) is 0.237. The maximum Gasteiger partial charge on any atom is 0.336 e. The molecule has 1 aromatic heterocycles. The maximum absolute atomic E-state index is 11.2. The minimum absolute atomic E-state index is 0.150. The summed E-state index contributed by atoms with van der Waals surface area (Å²) in [6.07, 6.45) is 6.16. The van der Waals surface area contributed by atoms with Crippen LogP contribution >= 0.6 is 11.6 Å². The van der Waals surface area contributed by atoms with Crippen molar-refractivity contribution in [1.82, 2.24) is 9.97 Å². The van der Waals surface area contributed by atoms with Crippen LogP contribution in [-0.2, 0) is 4.79 Å². The highest BCUT2D eigenvalue weighted by molar-refractivity contribution is 6.33. The summed E-state index contributed by atoms with van der Waals surface area (Å²) < 4.78 is 4.93. The zero-order chi connectivity index (χ0) is 18.5. The van der Waals surface area contributed by atoms with Gasteiger partial charge in [-0.05, 0) is 37.5 Å². The fourth-order valence-electron chi connectivity index (χ4n) is 2.98. The number of carbonyl (C=O) groups is 1. The van der Waals surface area contributed by atoms with Crippen LogP contribution in [0.2, 0.25) is 5.02 Å². The van der Waals surface area contributed by atoms with E-state index in [9.17, 15) is 4.79 Å². The van der Waals surface area contributed by atoms with E-state index >= 15 is 0 Å². The fourth-order valence-corrected chi connectivity index (χ4v) is 3.21. The van der Waals surface area contributed by atoms with Crippen molar-refractivity contribution in [2.24, 2.45) is 0 Å². The molecule has 1 unspecified atom stereocenters. The summed E-state index contributed by atoms with van der Waals surface area (Å²) >= 11 is 6.38. The molecule has 1 aliphatic heterocycles. The van der Waals surface area contributed by atoms with E-state index in [4.69, 9.17) is 16.3 Å². The van der Waals surface area contributed by atoms with Gasteiger partial charge < -0.3 is 15.0 Å². The van der Waals surface area contributed by atoms with E-state index in [0.717, 1.165) is 42.7 Å². The lowest BCUT2D eigenvalue weighted by atomic mass is 10.0. The highest BCUT2D eigenvalue weighted by Crippen LogP contribution is 2.29. The van der Waals surface area contributed by atoms with Gasteiger partial charge in [-0.15, -0.1) is 0 Å². The SMILES string of the molecule is C=CC(=O)Oc1cnc(NC2CCCN(c3cc(C)ccc3Cl)C2)cn1. The van der Waals surface area contributed by atoms with Crippen LogP contribution in [0.5, 0.6) is 5.88 Å². The molecule has 26 heavy (non-hydrogen) atoms. The van der Waals surface area contributed by atoms with Crippen LogP contribution in [0.3, 0.4) is 0 Å². The summed E-state index contributed by atoms with van der Waals surface area (Å²) in [6, 6.07) is 6.31. The molecule has 2 heterocycles. The Morgan fingerprint density at radius 3 is 3.00 bits per heavy atom. The van der Waals surface area contributed by atoms with Gasteiger partial charge in [-0.25, -0.2) is 14.8 Å². The smallest absolute Gasteiger partial charge is 0.336 e. The third-order valence-corrected chi connectivity index (χ3v) is 4.54. The Kier molecular flexibility index (Phi) is 5.73. The molecule has 7 heteroatoms. The largest absolute Gasteiger partial charge is 0.403 e. The number of rotatable bonds is 5. The van der Waals surface area contributed by atoms with Gasteiger partial charge in [-0.2, -0.15) is 0 Å². The van der Waals surface area contributed by atoms with Crippen molar-refractivity contribution in [3.05, 3.63) is 53.8 Å². The molecule has 0 saturated carbocycles. The molecule has 2 aromatic rings. The van der Waals surface area contributed by atoms with Gasteiger partial charge in [-0.1, -0.05) is 24.2 Å². The molecule has 1 fully saturated rings. The number of aryl methyl sites for hydroxylation is 1. The molecular formula is C19H21ClN4O2. The first kappa shape index (κ1) is 18.2. The monoisotopic (exact) mass is 372 g/mol. The molecule has 1 saturated heterocycles. The molecule has 6 nitrogen and oxygen atoms in total. The summed E-state index contributed by atoms with van der Waals surface area (Å²) in [6.45, 7) is 7.22. The van der Waals surface area contributed by atoms with Gasteiger partial charge in [0.1, 0.15) is 5.82 Å². The van der Waals surface area contributed by atoms with Crippen molar-refractivity contribution in [3.8, 4) is 5.88 Å². The first-order valence-electron chi connectivity index (χ1n) is 8.49. The highest BCUT2D eigenvalue weighted by atomic mass is 35.5. The summed E-state index contributed by atoms with van der Waals surface area (Å²) in [5, 5.41) is 4.16. The number of nitrogens with one attached hydrogen (secondary N) is 1. The molecule has 0 spiro atoms. The van der Waals surface area contributed by atoms with Crippen LogP contribution in [0.1, 0.15) is 18.4 Å². The number of anilines is 2. The standard InChI is InChI=1S/C19H21ClN4O2/c1-3-19(25)26-18-11-21-17(10-22-18)23-14-5-4-8-24(12-14)16-9-13(2)6-7-15(16)20/h3,6-7,9-11,14H,1,4-5,8,12H2,2H3,(H,21,23). The Labute approximate surface area is 157 Å². The lowest BCUT2D eigenvalue weighted by Gasteiger charge is -2.35. The van der Waals surface area contributed by atoms with E-state index in [2.05, 4.69) is 39.8 Å². The average Bonchev–Trinajstić information content (AvgIpc) is 2.65. The zero-order valence-electron chi connectivity index (χ0n) is 14.6. The number of hydrogen-bond donors (Lipinski definition) is 1. The van der Waals surface area contributed by atoms with E-state index in [1.807, 2.05) is 12.1 Å². The number of carbonyl (C=O) groups excluding carboxylic acids is 1. The molecule has 1 aromatic carbocycles. The molecule has 0 amide bonds. The lowest BCUT2D eigenvalue weighted by molar-refractivity contribution is -0.129. The molecule has 1 N–H and O–H groups in total. The van der Waals surface area contributed by atoms with Crippen molar-refractivity contribution in [2.75, 3.05) is 23.3 Å². The number of piperidine rings is 1. The van der Waals surface area contributed by atoms with Gasteiger partial charge in [0.25, 0.3) is 0 Å². The Balaban J connectivity index is 1.64. The molecule has 1 atom stereocenters. The average molecular weight is 373 g/mol. The minimum Gasteiger partial charge on any atom is -0.403 e. The second-order valence-electron chi connectivity index (χ2n) is 6.25. The van der Waals surface area contributed by atoms with Crippen LogP contribution < -0.4 is 15.0 Å². The van der Waals surface area contributed by atoms with Gasteiger partial charge in [0.15, 0.2) is 0 Å². The van der Waals surface area contributed by atoms with Crippen molar-refractivity contribution in [2.45, 2.75) is 25.8 Å². The van der Waals surface area contributed by atoms with Crippen molar-refractivity contribution in [1.29, 1.82) is 0 Å². The Morgan fingerprint density at radius 2 is 2.27 bits per heavy atom. The molecular weight excluding hydrogens is 352 g/mol. The van der Waals surface area contributed by atoms with Gasteiger partial charge in [0.2, 0.25) is 5.88 Å². The predicted molar refractivity (Wildman–Crippen MR) is 103 cm³/mol. The third-order valence-electron chi connectivity index (χ3n) is 4.22. The molecule has 1 aliphatic rings. The van der Waals surface area contributed by atoms with Crippen molar-refractivity contribution >= 4 is 29.1 Å². The number of halogens is 1. The second-order valence-corrected chi connectivity index (χ2v) is 6.66. The third kappa shape index (κ3) is 4.52. The number of benzene rings is 1. The van der Waals surface area contributed by atoms with E-state index in [0.29, 0.717) is 5.82 Å². The van der Waals surface area contributed by atoms with Gasteiger partial charge in [-0.3, -0.25) is 0 Å². The zero-order valence-corrected chi connectivity index (χ0v) is 15.4. The number of nitrogens with zero attached hydrogens (tertiary/aromatic N) is 3. The van der Waals surface area contributed by atoms with Crippen LogP contribution in [0.25, 0.3) is 0 Å². The van der Waals surface area contributed by atoms with Crippen LogP contribution in [0, 0.1) is 6.92 Å². The number of esters is 1. The Hall–Kier alpha value is -2.60. The molecule has 0 aliphatic carbocycles. The van der Waals surface area contributed by atoms with E-state index in [-0.39, 0.29) is 11.9 Å². The minimum atomic E-state index is -0.557. The normalized spacial score (nSPS) is 16.8. The van der Waals surface area contributed by atoms with Crippen LogP contribution in [0.4, 0.5) is 11.5 Å². The second kappa shape index (κ2) is 8.19. The molecule has 0 radical (unpaired) electrons.